The Morgan fingerprint density at radius 1 is 1.19 bits per heavy atom. The minimum absolute atomic E-state index is 0.0356. The molecule has 1 amide bonds. The van der Waals surface area contributed by atoms with Crippen molar-refractivity contribution < 1.29 is 23.5 Å². The lowest BCUT2D eigenvalue weighted by atomic mass is 9.68. The number of nitrogens with two attached hydrogens (primary N) is 1. The average Bonchev–Trinajstić information content (AvgIpc) is 3.00. The summed E-state index contributed by atoms with van der Waals surface area (Å²) in [6.45, 7) is 6.04. The first-order chi connectivity index (χ1) is 16.7. The van der Waals surface area contributed by atoms with E-state index in [-0.39, 0.29) is 39.7 Å². The van der Waals surface area contributed by atoms with Crippen LogP contribution in [0, 0.1) is 23.0 Å². The van der Waals surface area contributed by atoms with E-state index in [2.05, 4.69) is 5.32 Å². The molecule has 2 aliphatic heterocycles. The number of rotatable bonds is 5. The lowest BCUT2D eigenvalue weighted by Crippen LogP contribution is -2.58. The summed E-state index contributed by atoms with van der Waals surface area (Å²) in [6.07, 6.45) is 0.436. The molecule has 2 aliphatic rings. The predicted octanol–water partition coefficient (Wildman–Crippen LogP) is 4.53. The molecule has 2 saturated heterocycles. The minimum Gasteiger partial charge on any atom is -0.481 e. The molecular formula is C26H29Cl2F2N3O3. The molecule has 4 N–H and O–H groups in total. The quantitative estimate of drug-likeness (QED) is 0.518. The number of carboxylic acid groups (broad SMARTS) is 1. The van der Waals surface area contributed by atoms with E-state index in [1.807, 2.05) is 20.8 Å². The number of carbonyl (C=O) groups is 2. The van der Waals surface area contributed by atoms with Crippen LogP contribution in [0.5, 0.6) is 0 Å². The van der Waals surface area contributed by atoms with E-state index in [1.54, 1.807) is 6.07 Å². The topological polar surface area (TPSA) is 95.7 Å². The maximum absolute atomic E-state index is 15.5. The van der Waals surface area contributed by atoms with Gasteiger partial charge >= 0.3 is 5.97 Å². The fourth-order valence-electron chi connectivity index (χ4n) is 5.40. The molecule has 0 aliphatic carbocycles. The number of aliphatic carboxylic acids is 1. The van der Waals surface area contributed by atoms with Crippen LogP contribution in [0.25, 0.3) is 0 Å². The van der Waals surface area contributed by atoms with Gasteiger partial charge in [0.2, 0.25) is 5.91 Å². The Balaban J connectivity index is 1.89. The van der Waals surface area contributed by atoms with Crippen molar-refractivity contribution >= 4 is 35.1 Å². The second kappa shape index (κ2) is 9.56. The Hall–Kier alpha value is -2.26. The van der Waals surface area contributed by atoms with Crippen molar-refractivity contribution in [1.29, 1.82) is 0 Å². The highest BCUT2D eigenvalue weighted by Crippen LogP contribution is 2.50. The van der Waals surface area contributed by atoms with Crippen LogP contribution in [0.3, 0.4) is 0 Å². The standard InChI is InChI=1S/C26H29Cl2F2N3O3/c1-25(2,3)10-19-26(31,16-8-7-14(27)9-18(16)29)20(15-5-4-6-17(28)21(15)30)22(32-19)23(34)33-11-13(12-33)24(35)36/h4-9,13,19-20,22,32H,10-12,31H2,1-3H3,(H,35,36)/t19-,20-,22+,26+/m0/s1. The van der Waals surface area contributed by atoms with Gasteiger partial charge in [-0.2, -0.15) is 0 Å². The number of halogens is 4. The number of nitrogens with one attached hydrogen (secondary N) is 1. The summed E-state index contributed by atoms with van der Waals surface area (Å²) in [4.78, 5) is 26.4. The van der Waals surface area contributed by atoms with E-state index in [0.29, 0.717) is 6.42 Å². The molecule has 4 rings (SSSR count). The summed E-state index contributed by atoms with van der Waals surface area (Å²) in [5.41, 5.74) is 5.45. The molecule has 10 heteroatoms. The highest BCUT2D eigenvalue weighted by atomic mass is 35.5. The summed E-state index contributed by atoms with van der Waals surface area (Å²) in [6, 6.07) is 6.90. The highest BCUT2D eigenvalue weighted by molar-refractivity contribution is 6.31. The van der Waals surface area contributed by atoms with Gasteiger partial charge in [0.05, 0.1) is 22.5 Å². The fraction of sp³-hybridized carbons (Fsp3) is 0.462. The van der Waals surface area contributed by atoms with Crippen molar-refractivity contribution in [2.75, 3.05) is 13.1 Å². The van der Waals surface area contributed by atoms with Crippen molar-refractivity contribution in [3.05, 3.63) is 69.2 Å². The van der Waals surface area contributed by atoms with E-state index in [4.69, 9.17) is 28.9 Å². The zero-order valence-electron chi connectivity index (χ0n) is 20.2. The Morgan fingerprint density at radius 3 is 2.44 bits per heavy atom. The van der Waals surface area contributed by atoms with Gasteiger partial charge in [0.15, 0.2) is 0 Å². The van der Waals surface area contributed by atoms with Gasteiger partial charge in [-0.3, -0.25) is 9.59 Å². The Kier molecular flexibility index (Phi) is 7.11. The first kappa shape index (κ1) is 26.8. The Labute approximate surface area is 218 Å². The maximum atomic E-state index is 15.5. The molecule has 0 spiro atoms. The third-order valence-corrected chi connectivity index (χ3v) is 7.67. The van der Waals surface area contributed by atoms with Crippen LogP contribution in [-0.4, -0.2) is 47.1 Å². The monoisotopic (exact) mass is 539 g/mol. The number of hydrogen-bond acceptors (Lipinski definition) is 4. The summed E-state index contributed by atoms with van der Waals surface area (Å²) in [5, 5.41) is 12.6. The number of carboxylic acids is 1. The number of nitrogens with zero attached hydrogens (tertiary/aromatic N) is 1. The fourth-order valence-corrected chi connectivity index (χ4v) is 5.74. The SMILES string of the molecule is CC(C)(C)C[C@@H]1N[C@@H](C(=O)N2CC(C(=O)O)C2)[C@H](c2cccc(Cl)c2F)[C@@]1(N)c1ccc(Cl)cc1F. The summed E-state index contributed by atoms with van der Waals surface area (Å²) < 4.78 is 31.0. The lowest BCUT2D eigenvalue weighted by molar-refractivity contribution is -0.153. The smallest absolute Gasteiger partial charge is 0.310 e. The van der Waals surface area contributed by atoms with Gasteiger partial charge in [-0.05, 0) is 35.6 Å². The summed E-state index contributed by atoms with van der Waals surface area (Å²) in [5.74, 6) is -4.53. The minimum atomic E-state index is -1.56. The van der Waals surface area contributed by atoms with Crippen molar-refractivity contribution in [3.8, 4) is 0 Å². The van der Waals surface area contributed by atoms with Gasteiger partial charge in [-0.1, -0.05) is 62.2 Å². The van der Waals surface area contributed by atoms with Crippen LogP contribution >= 0.6 is 23.2 Å². The molecule has 4 atom stereocenters. The second-order valence-electron chi connectivity index (χ2n) is 10.9. The van der Waals surface area contributed by atoms with Crippen LogP contribution in [0.4, 0.5) is 8.78 Å². The third kappa shape index (κ3) is 4.72. The summed E-state index contributed by atoms with van der Waals surface area (Å²) in [7, 11) is 0. The van der Waals surface area contributed by atoms with Gasteiger partial charge in [0.1, 0.15) is 11.6 Å². The summed E-state index contributed by atoms with van der Waals surface area (Å²) >= 11 is 12.1. The third-order valence-electron chi connectivity index (χ3n) is 7.14. The van der Waals surface area contributed by atoms with Gasteiger partial charge < -0.3 is 21.1 Å². The molecule has 2 fully saturated rings. The molecule has 6 nitrogen and oxygen atoms in total. The molecular weight excluding hydrogens is 511 g/mol. The van der Waals surface area contributed by atoms with Crippen LogP contribution in [0.2, 0.25) is 10.0 Å². The molecule has 0 unspecified atom stereocenters. The van der Waals surface area contributed by atoms with Crippen LogP contribution in [-0.2, 0) is 15.1 Å². The van der Waals surface area contributed by atoms with Crippen molar-refractivity contribution in [2.24, 2.45) is 17.1 Å². The van der Waals surface area contributed by atoms with E-state index in [1.165, 1.54) is 29.2 Å². The molecule has 2 heterocycles. The number of carbonyl (C=O) groups excluding carboxylic acids is 1. The van der Waals surface area contributed by atoms with Crippen LogP contribution in [0.1, 0.15) is 44.2 Å². The average molecular weight is 540 g/mol. The van der Waals surface area contributed by atoms with Gasteiger partial charge in [-0.25, -0.2) is 8.78 Å². The number of benzene rings is 2. The molecule has 0 saturated carbocycles. The van der Waals surface area contributed by atoms with Crippen LogP contribution in [0.15, 0.2) is 36.4 Å². The Bertz CT molecular complexity index is 1200. The highest BCUT2D eigenvalue weighted by Gasteiger charge is 2.59. The molecule has 0 aromatic heterocycles. The first-order valence-electron chi connectivity index (χ1n) is 11.7. The van der Waals surface area contributed by atoms with Crippen LogP contribution < -0.4 is 11.1 Å². The normalized spacial score (nSPS) is 26.7. The Morgan fingerprint density at radius 2 is 1.86 bits per heavy atom. The molecule has 0 radical (unpaired) electrons. The van der Waals surface area contributed by atoms with Gasteiger partial charge in [-0.15, -0.1) is 0 Å². The molecule has 2 aromatic rings. The number of likely N-dealkylation sites (tertiary alicyclic amines) is 1. The number of hydrogen-bond donors (Lipinski definition) is 3. The maximum Gasteiger partial charge on any atom is 0.310 e. The van der Waals surface area contributed by atoms with Crippen molar-refractivity contribution in [1.82, 2.24) is 10.2 Å². The zero-order valence-corrected chi connectivity index (χ0v) is 21.7. The molecule has 194 valence electrons. The largest absolute Gasteiger partial charge is 0.481 e. The van der Waals surface area contributed by atoms with Gasteiger partial charge in [0.25, 0.3) is 0 Å². The van der Waals surface area contributed by atoms with Crippen molar-refractivity contribution in [2.45, 2.75) is 50.7 Å². The van der Waals surface area contributed by atoms with Crippen molar-refractivity contribution in [3.63, 3.8) is 0 Å². The second-order valence-corrected chi connectivity index (χ2v) is 11.8. The lowest BCUT2D eigenvalue weighted by Gasteiger charge is -2.41. The van der Waals surface area contributed by atoms with Gasteiger partial charge in [0, 0.05) is 35.6 Å². The predicted molar refractivity (Wildman–Crippen MR) is 134 cm³/mol. The van der Waals surface area contributed by atoms with E-state index >= 15 is 8.78 Å². The van der Waals surface area contributed by atoms with E-state index < -0.39 is 53.0 Å². The number of amides is 1. The molecule has 36 heavy (non-hydrogen) atoms. The molecule has 0 bridgehead atoms. The molecule has 2 aromatic carbocycles. The van der Waals surface area contributed by atoms with E-state index in [0.717, 1.165) is 6.07 Å². The van der Waals surface area contributed by atoms with E-state index in [9.17, 15) is 14.7 Å². The first-order valence-corrected chi connectivity index (χ1v) is 12.5. The zero-order chi connectivity index (χ0) is 26.6.